The molecule has 1 heterocycles. The van der Waals surface area contributed by atoms with Gasteiger partial charge in [-0.3, -0.25) is 15.1 Å². The zero-order valence-electron chi connectivity index (χ0n) is 9.77. The molecule has 0 unspecified atom stereocenters. The van der Waals surface area contributed by atoms with E-state index in [9.17, 15) is 4.79 Å². The molecule has 1 aromatic heterocycles. The number of rotatable bonds is 6. The Morgan fingerprint density at radius 1 is 1.65 bits per heavy atom. The molecule has 6 heteroatoms. The molecule has 0 bridgehead atoms. The van der Waals surface area contributed by atoms with Crippen LogP contribution in [0, 0.1) is 11.3 Å². The molecule has 0 spiro atoms. The topological polar surface area (TPSA) is 82.2 Å². The lowest BCUT2D eigenvalue weighted by Crippen LogP contribution is -2.29. The minimum absolute atomic E-state index is 0.263. The van der Waals surface area contributed by atoms with Crippen LogP contribution in [0.4, 0.5) is 0 Å². The van der Waals surface area contributed by atoms with E-state index >= 15 is 0 Å². The molecule has 0 aliphatic rings. The number of nitrogens with zero attached hydrogens (tertiary/aromatic N) is 2. The normalized spacial score (nSPS) is 10.2. The third-order valence-corrected chi connectivity index (χ3v) is 3.45. The molecular weight excluding hydrogens is 236 g/mol. The fourth-order valence-corrected chi connectivity index (χ4v) is 2.39. The number of hydrazine groups is 1. The van der Waals surface area contributed by atoms with Gasteiger partial charge in [0.1, 0.15) is 0 Å². The second-order valence-electron chi connectivity index (χ2n) is 3.52. The van der Waals surface area contributed by atoms with Crippen molar-refractivity contribution in [1.29, 1.82) is 5.26 Å². The number of carbonyl (C=O) groups excluding carboxylic acids is 1. The van der Waals surface area contributed by atoms with E-state index in [4.69, 9.17) is 11.1 Å². The zero-order chi connectivity index (χ0) is 12.7. The summed E-state index contributed by atoms with van der Waals surface area (Å²) < 4.78 is 0. The molecule has 0 aliphatic carbocycles. The number of nitrogens with two attached hydrogens (primary N) is 1. The molecule has 0 fully saturated rings. The highest BCUT2D eigenvalue weighted by Crippen LogP contribution is 2.18. The molecular formula is C11H16N4OS. The largest absolute Gasteiger partial charge is 0.298 e. The van der Waals surface area contributed by atoms with Crippen LogP contribution in [-0.2, 0) is 6.54 Å². The molecule has 92 valence electrons. The van der Waals surface area contributed by atoms with Crippen molar-refractivity contribution in [2.24, 2.45) is 5.84 Å². The number of nitrogen functional groups attached to an aromatic ring is 1. The molecule has 5 nitrogen and oxygen atoms in total. The number of carbonyl (C=O) groups is 1. The fraction of sp³-hybridized carbons (Fsp3) is 0.455. The smallest absolute Gasteiger partial charge is 0.275 e. The Hall–Kier alpha value is -1.42. The van der Waals surface area contributed by atoms with Crippen molar-refractivity contribution in [3.8, 4) is 6.07 Å². The lowest BCUT2D eigenvalue weighted by molar-refractivity contribution is 0.0957. The maximum absolute atomic E-state index is 11.3. The van der Waals surface area contributed by atoms with Gasteiger partial charge in [-0.25, -0.2) is 5.84 Å². The van der Waals surface area contributed by atoms with Gasteiger partial charge >= 0.3 is 0 Å². The summed E-state index contributed by atoms with van der Waals surface area (Å²) in [6, 6.07) is 5.82. The summed E-state index contributed by atoms with van der Waals surface area (Å²) in [7, 11) is 0. The maximum Gasteiger partial charge on any atom is 0.275 e. The van der Waals surface area contributed by atoms with E-state index in [0.717, 1.165) is 24.5 Å². The summed E-state index contributed by atoms with van der Waals surface area (Å²) in [6.07, 6.45) is 0.523. The summed E-state index contributed by atoms with van der Waals surface area (Å²) in [5.74, 6) is 4.80. The van der Waals surface area contributed by atoms with Crippen LogP contribution in [-0.4, -0.2) is 23.9 Å². The van der Waals surface area contributed by atoms with E-state index < -0.39 is 0 Å². The number of thiophene rings is 1. The number of nitrogens with one attached hydrogen (secondary N) is 1. The highest BCUT2D eigenvalue weighted by Gasteiger charge is 2.09. The summed E-state index contributed by atoms with van der Waals surface area (Å²) in [4.78, 5) is 15.1. The van der Waals surface area contributed by atoms with Crippen molar-refractivity contribution in [1.82, 2.24) is 10.3 Å². The Morgan fingerprint density at radius 3 is 3.00 bits per heavy atom. The van der Waals surface area contributed by atoms with Gasteiger partial charge in [-0.15, -0.1) is 11.3 Å². The van der Waals surface area contributed by atoms with Gasteiger partial charge in [-0.05, 0) is 18.7 Å². The fourth-order valence-electron chi connectivity index (χ4n) is 1.43. The van der Waals surface area contributed by atoms with Crippen LogP contribution in [0.5, 0.6) is 0 Å². The van der Waals surface area contributed by atoms with E-state index in [1.807, 2.05) is 6.07 Å². The Labute approximate surface area is 105 Å². The minimum Gasteiger partial charge on any atom is -0.298 e. The third kappa shape index (κ3) is 4.15. The van der Waals surface area contributed by atoms with E-state index in [1.165, 1.54) is 11.3 Å². The molecule has 1 aromatic rings. The van der Waals surface area contributed by atoms with Gasteiger partial charge in [0, 0.05) is 24.4 Å². The van der Waals surface area contributed by atoms with Gasteiger partial charge in [0.05, 0.1) is 10.9 Å². The minimum atomic E-state index is -0.263. The van der Waals surface area contributed by atoms with Crippen molar-refractivity contribution < 1.29 is 4.79 Å². The van der Waals surface area contributed by atoms with Crippen molar-refractivity contribution in [2.45, 2.75) is 19.9 Å². The van der Waals surface area contributed by atoms with Crippen LogP contribution < -0.4 is 11.3 Å². The first kappa shape index (κ1) is 13.6. The standard InChI is InChI=1S/C11H16N4OS/c1-2-15(7-3-6-12)8-9-4-5-10(17-9)11(16)14-13/h4-5H,2-3,7-8,13H2,1H3,(H,14,16). The first-order chi connectivity index (χ1) is 8.21. The Bertz CT molecular complexity index is 410. The van der Waals surface area contributed by atoms with Crippen molar-refractivity contribution in [3.05, 3.63) is 21.9 Å². The van der Waals surface area contributed by atoms with Crippen LogP contribution in [0.15, 0.2) is 12.1 Å². The highest BCUT2D eigenvalue weighted by molar-refractivity contribution is 7.14. The predicted octanol–water partition coefficient (Wildman–Crippen LogP) is 1.09. The predicted molar refractivity (Wildman–Crippen MR) is 67.2 cm³/mol. The second kappa shape index (κ2) is 7.01. The van der Waals surface area contributed by atoms with Gasteiger partial charge in [0.15, 0.2) is 0 Å². The summed E-state index contributed by atoms with van der Waals surface area (Å²) in [5, 5.41) is 8.54. The average Bonchev–Trinajstić information content (AvgIpc) is 2.81. The summed E-state index contributed by atoms with van der Waals surface area (Å²) >= 11 is 1.43. The van der Waals surface area contributed by atoms with Crippen LogP contribution in [0.2, 0.25) is 0 Å². The second-order valence-corrected chi connectivity index (χ2v) is 4.68. The van der Waals surface area contributed by atoms with Crippen LogP contribution >= 0.6 is 11.3 Å². The van der Waals surface area contributed by atoms with Gasteiger partial charge in [0.25, 0.3) is 5.91 Å². The molecule has 17 heavy (non-hydrogen) atoms. The van der Waals surface area contributed by atoms with Crippen molar-refractivity contribution >= 4 is 17.2 Å². The number of nitriles is 1. The third-order valence-electron chi connectivity index (χ3n) is 2.38. The number of hydrogen-bond acceptors (Lipinski definition) is 5. The number of hydrogen-bond donors (Lipinski definition) is 2. The molecule has 0 radical (unpaired) electrons. The van der Waals surface area contributed by atoms with Crippen molar-refractivity contribution in [2.75, 3.05) is 13.1 Å². The lowest BCUT2D eigenvalue weighted by Gasteiger charge is -2.17. The summed E-state index contributed by atoms with van der Waals surface area (Å²) in [5.41, 5.74) is 2.11. The first-order valence-corrected chi connectivity index (χ1v) is 6.21. The molecule has 1 amide bonds. The molecule has 0 atom stereocenters. The molecule has 0 aromatic carbocycles. The van der Waals surface area contributed by atoms with Gasteiger partial charge < -0.3 is 0 Å². The Kier molecular flexibility index (Phi) is 5.63. The van der Waals surface area contributed by atoms with E-state index in [0.29, 0.717) is 11.3 Å². The average molecular weight is 252 g/mol. The van der Waals surface area contributed by atoms with E-state index in [-0.39, 0.29) is 5.91 Å². The SMILES string of the molecule is CCN(CCC#N)Cc1ccc(C(=O)NN)s1. The lowest BCUT2D eigenvalue weighted by atomic mass is 10.3. The highest BCUT2D eigenvalue weighted by atomic mass is 32.1. The van der Waals surface area contributed by atoms with Crippen LogP contribution in [0.3, 0.4) is 0 Å². The molecule has 3 N–H and O–H groups in total. The molecule has 0 saturated carbocycles. The van der Waals surface area contributed by atoms with Crippen LogP contribution in [0.25, 0.3) is 0 Å². The molecule has 0 saturated heterocycles. The summed E-state index contributed by atoms with van der Waals surface area (Å²) in [6.45, 7) is 4.46. The first-order valence-electron chi connectivity index (χ1n) is 5.40. The monoisotopic (exact) mass is 252 g/mol. The Balaban J connectivity index is 2.58. The van der Waals surface area contributed by atoms with E-state index in [1.54, 1.807) is 6.07 Å². The number of amides is 1. The van der Waals surface area contributed by atoms with Gasteiger partial charge in [-0.1, -0.05) is 6.92 Å². The Morgan fingerprint density at radius 2 is 2.41 bits per heavy atom. The molecule has 1 rings (SSSR count). The maximum atomic E-state index is 11.3. The van der Waals surface area contributed by atoms with Crippen molar-refractivity contribution in [3.63, 3.8) is 0 Å². The van der Waals surface area contributed by atoms with E-state index in [2.05, 4.69) is 23.3 Å². The van der Waals surface area contributed by atoms with Gasteiger partial charge in [-0.2, -0.15) is 5.26 Å². The molecule has 0 aliphatic heterocycles. The van der Waals surface area contributed by atoms with Gasteiger partial charge in [0.2, 0.25) is 0 Å². The zero-order valence-corrected chi connectivity index (χ0v) is 10.6. The quantitative estimate of drug-likeness (QED) is 0.451. The van der Waals surface area contributed by atoms with Crippen LogP contribution in [0.1, 0.15) is 27.9 Å².